The molecule has 18 heavy (non-hydrogen) atoms. The Morgan fingerprint density at radius 1 is 1.78 bits per heavy atom. The van der Waals surface area contributed by atoms with Gasteiger partial charge < -0.3 is 14.6 Å². The molecule has 6 nitrogen and oxygen atoms in total. The van der Waals surface area contributed by atoms with Crippen LogP contribution >= 0.6 is 0 Å². The third kappa shape index (κ3) is 2.15. The Bertz CT molecular complexity index is 437. The van der Waals surface area contributed by atoms with E-state index in [9.17, 15) is 13.6 Å². The summed E-state index contributed by atoms with van der Waals surface area (Å²) < 4.78 is 37.2. The van der Waals surface area contributed by atoms with Crippen molar-refractivity contribution in [3.8, 4) is 5.88 Å². The van der Waals surface area contributed by atoms with Gasteiger partial charge in [0.05, 0.1) is 13.2 Å². The summed E-state index contributed by atoms with van der Waals surface area (Å²) in [7, 11) is 0. The van der Waals surface area contributed by atoms with Gasteiger partial charge in [0.15, 0.2) is 11.8 Å². The fourth-order valence-electron chi connectivity index (χ4n) is 1.59. The molecule has 0 aromatic carbocycles. The molecular weight excluding hydrogens is 250 g/mol. The summed E-state index contributed by atoms with van der Waals surface area (Å²) in [5, 5.41) is 12.4. The summed E-state index contributed by atoms with van der Waals surface area (Å²) in [6.07, 6.45) is -1.47. The molecule has 8 heteroatoms. The SMILES string of the molecule is CCOC(=O)c1cc2n(n1)CC(C(F)(F)CO)O2. The van der Waals surface area contributed by atoms with Crippen molar-refractivity contribution in [3.05, 3.63) is 11.8 Å². The number of fused-ring (bicyclic) bond motifs is 1. The number of halogens is 2. The number of ether oxygens (including phenoxy) is 2. The second kappa shape index (κ2) is 4.52. The monoisotopic (exact) mass is 262 g/mol. The van der Waals surface area contributed by atoms with Crippen LogP contribution in [0.25, 0.3) is 0 Å². The predicted octanol–water partition coefficient (Wildman–Crippen LogP) is 0.448. The fraction of sp³-hybridized carbons (Fsp3) is 0.600. The zero-order chi connectivity index (χ0) is 13.3. The van der Waals surface area contributed by atoms with E-state index in [4.69, 9.17) is 14.6 Å². The molecule has 1 aliphatic heterocycles. The average molecular weight is 262 g/mol. The normalized spacial score (nSPS) is 18.3. The van der Waals surface area contributed by atoms with Gasteiger partial charge in [0.25, 0.3) is 0 Å². The maximum atomic E-state index is 13.2. The van der Waals surface area contributed by atoms with Crippen LogP contribution < -0.4 is 4.74 Å². The Labute approximate surface area is 101 Å². The van der Waals surface area contributed by atoms with Crippen LogP contribution in [0.15, 0.2) is 6.07 Å². The van der Waals surface area contributed by atoms with Crippen LogP contribution in [0.1, 0.15) is 17.4 Å². The van der Waals surface area contributed by atoms with E-state index >= 15 is 0 Å². The fourth-order valence-corrected chi connectivity index (χ4v) is 1.59. The molecule has 1 unspecified atom stereocenters. The summed E-state index contributed by atoms with van der Waals surface area (Å²) in [6.45, 7) is 0.332. The second-order valence-electron chi connectivity index (χ2n) is 3.80. The van der Waals surface area contributed by atoms with E-state index < -0.39 is 24.6 Å². The van der Waals surface area contributed by atoms with E-state index in [0.29, 0.717) is 0 Å². The topological polar surface area (TPSA) is 73.6 Å². The molecule has 1 N–H and O–H groups in total. The van der Waals surface area contributed by atoms with Gasteiger partial charge in [0.2, 0.25) is 5.88 Å². The Balaban J connectivity index is 2.10. The number of rotatable bonds is 4. The van der Waals surface area contributed by atoms with Crippen molar-refractivity contribution in [3.63, 3.8) is 0 Å². The molecule has 0 fully saturated rings. The molecule has 1 aromatic rings. The van der Waals surface area contributed by atoms with Gasteiger partial charge in [-0.05, 0) is 6.92 Å². The number of hydrogen-bond acceptors (Lipinski definition) is 5. The maximum absolute atomic E-state index is 13.2. The minimum absolute atomic E-state index is 0.0117. The molecule has 0 saturated carbocycles. The molecule has 1 atom stereocenters. The first-order valence-electron chi connectivity index (χ1n) is 5.38. The summed E-state index contributed by atoms with van der Waals surface area (Å²) in [5.74, 6) is -3.91. The van der Waals surface area contributed by atoms with Gasteiger partial charge in [-0.25, -0.2) is 9.48 Å². The number of esters is 1. The summed E-state index contributed by atoms with van der Waals surface area (Å²) in [4.78, 5) is 11.3. The molecule has 2 heterocycles. The average Bonchev–Trinajstić information content (AvgIpc) is 2.87. The zero-order valence-corrected chi connectivity index (χ0v) is 9.60. The van der Waals surface area contributed by atoms with Crippen LogP contribution in [0.3, 0.4) is 0 Å². The van der Waals surface area contributed by atoms with Gasteiger partial charge in [-0.2, -0.15) is 13.9 Å². The molecule has 0 aliphatic carbocycles. The third-order valence-electron chi connectivity index (χ3n) is 2.51. The number of alkyl halides is 2. The summed E-state index contributed by atoms with van der Waals surface area (Å²) in [5.41, 5.74) is 0.0117. The standard InChI is InChI=1S/C10H12F2N2O4/c1-2-17-9(16)6-3-8-14(13-6)4-7(18-8)10(11,12)5-15/h3,7,15H,2,4-5H2,1H3. The van der Waals surface area contributed by atoms with Crippen molar-refractivity contribution in [1.29, 1.82) is 0 Å². The maximum Gasteiger partial charge on any atom is 0.358 e. The molecule has 100 valence electrons. The molecule has 0 bridgehead atoms. The number of aliphatic hydroxyl groups is 1. The summed E-state index contributed by atoms with van der Waals surface area (Å²) in [6, 6.07) is 1.24. The van der Waals surface area contributed by atoms with Crippen molar-refractivity contribution in [2.45, 2.75) is 25.5 Å². The highest BCUT2D eigenvalue weighted by molar-refractivity contribution is 5.87. The predicted molar refractivity (Wildman–Crippen MR) is 54.6 cm³/mol. The van der Waals surface area contributed by atoms with E-state index in [1.165, 1.54) is 6.07 Å². The molecule has 1 aromatic heterocycles. The Morgan fingerprint density at radius 3 is 3.06 bits per heavy atom. The lowest BCUT2D eigenvalue weighted by Crippen LogP contribution is -2.40. The van der Waals surface area contributed by atoms with Crippen LogP contribution in [-0.4, -0.2) is 46.1 Å². The molecule has 0 spiro atoms. The highest BCUT2D eigenvalue weighted by Crippen LogP contribution is 2.31. The van der Waals surface area contributed by atoms with E-state index in [2.05, 4.69) is 5.10 Å². The van der Waals surface area contributed by atoms with Gasteiger partial charge in [-0.3, -0.25) is 0 Å². The molecule has 0 radical (unpaired) electrons. The molecule has 0 amide bonds. The van der Waals surface area contributed by atoms with Gasteiger partial charge in [0, 0.05) is 6.07 Å². The van der Waals surface area contributed by atoms with Crippen molar-refractivity contribution < 1.29 is 28.2 Å². The van der Waals surface area contributed by atoms with E-state index in [0.717, 1.165) is 4.68 Å². The second-order valence-corrected chi connectivity index (χ2v) is 3.80. The number of aromatic nitrogens is 2. The lowest BCUT2D eigenvalue weighted by molar-refractivity contribution is -0.120. The van der Waals surface area contributed by atoms with E-state index in [1.807, 2.05) is 0 Å². The van der Waals surface area contributed by atoms with Gasteiger partial charge in [-0.1, -0.05) is 0 Å². The lowest BCUT2D eigenvalue weighted by Gasteiger charge is -2.19. The number of aliphatic hydroxyl groups excluding tert-OH is 1. The van der Waals surface area contributed by atoms with Crippen LogP contribution in [0.4, 0.5) is 8.78 Å². The Morgan fingerprint density at radius 2 is 2.50 bits per heavy atom. The van der Waals surface area contributed by atoms with E-state index in [-0.39, 0.29) is 24.7 Å². The van der Waals surface area contributed by atoms with Gasteiger partial charge in [0.1, 0.15) is 6.61 Å². The molecular formula is C10H12F2N2O4. The first-order chi connectivity index (χ1) is 8.47. The molecule has 2 rings (SSSR count). The van der Waals surface area contributed by atoms with Crippen LogP contribution in [0.5, 0.6) is 5.88 Å². The first kappa shape index (κ1) is 12.7. The smallest absolute Gasteiger partial charge is 0.358 e. The number of carbonyl (C=O) groups excluding carboxylic acids is 1. The van der Waals surface area contributed by atoms with Crippen LogP contribution in [0.2, 0.25) is 0 Å². The van der Waals surface area contributed by atoms with Crippen LogP contribution in [-0.2, 0) is 11.3 Å². The molecule has 0 saturated heterocycles. The van der Waals surface area contributed by atoms with Crippen LogP contribution in [0, 0.1) is 0 Å². The highest BCUT2D eigenvalue weighted by atomic mass is 19.3. The van der Waals surface area contributed by atoms with E-state index in [1.54, 1.807) is 6.92 Å². The Kier molecular flexibility index (Phi) is 3.20. The van der Waals surface area contributed by atoms with Crippen molar-refractivity contribution >= 4 is 5.97 Å². The van der Waals surface area contributed by atoms with Crippen molar-refractivity contribution in [2.24, 2.45) is 0 Å². The number of nitrogens with zero attached hydrogens (tertiary/aromatic N) is 2. The number of carbonyl (C=O) groups is 1. The zero-order valence-electron chi connectivity index (χ0n) is 9.60. The Hall–Kier alpha value is -1.70. The van der Waals surface area contributed by atoms with Crippen molar-refractivity contribution in [1.82, 2.24) is 9.78 Å². The van der Waals surface area contributed by atoms with Gasteiger partial charge >= 0.3 is 11.9 Å². The minimum Gasteiger partial charge on any atom is -0.466 e. The number of hydrogen-bond donors (Lipinski definition) is 1. The van der Waals surface area contributed by atoms with Gasteiger partial charge in [-0.15, -0.1) is 0 Å². The lowest BCUT2D eigenvalue weighted by atomic mass is 10.2. The molecule has 1 aliphatic rings. The summed E-state index contributed by atoms with van der Waals surface area (Å²) >= 11 is 0. The largest absolute Gasteiger partial charge is 0.466 e. The quantitative estimate of drug-likeness (QED) is 0.797. The minimum atomic E-state index is -3.34. The first-order valence-corrected chi connectivity index (χ1v) is 5.38. The highest BCUT2D eigenvalue weighted by Gasteiger charge is 2.45. The third-order valence-corrected chi connectivity index (χ3v) is 2.51. The van der Waals surface area contributed by atoms with Crippen molar-refractivity contribution in [2.75, 3.05) is 13.2 Å².